The molecule has 1 aromatic heterocycles. The molecule has 0 saturated carbocycles. The van der Waals surface area contributed by atoms with Gasteiger partial charge < -0.3 is 19.4 Å². The van der Waals surface area contributed by atoms with Crippen molar-refractivity contribution in [2.75, 3.05) is 44.8 Å². The van der Waals surface area contributed by atoms with Crippen LogP contribution in [0.15, 0.2) is 36.4 Å². The first-order valence-electron chi connectivity index (χ1n) is 11.7. The number of aromatic nitrogens is 2. The molecule has 0 radical (unpaired) electrons. The van der Waals surface area contributed by atoms with E-state index in [0.29, 0.717) is 5.92 Å². The Kier molecular flexibility index (Phi) is 7.30. The quantitative estimate of drug-likeness (QED) is 0.564. The normalized spacial score (nSPS) is 14.7. The Balaban J connectivity index is 1.38. The zero-order valence-corrected chi connectivity index (χ0v) is 20.1. The van der Waals surface area contributed by atoms with Gasteiger partial charge in [-0.1, -0.05) is 26.0 Å². The van der Waals surface area contributed by atoms with Gasteiger partial charge in [0, 0.05) is 38.8 Å². The molecular formula is C26H34N4O3. The van der Waals surface area contributed by atoms with Crippen LogP contribution in [0.25, 0.3) is 11.0 Å². The predicted molar refractivity (Wildman–Crippen MR) is 131 cm³/mol. The van der Waals surface area contributed by atoms with E-state index in [9.17, 15) is 4.79 Å². The molecule has 0 unspecified atom stereocenters. The molecule has 1 aliphatic rings. The number of aryl methyl sites for hydroxylation is 2. The minimum atomic E-state index is -0.186. The molecule has 1 N–H and O–H groups in total. The molecule has 176 valence electrons. The van der Waals surface area contributed by atoms with Gasteiger partial charge in [0.15, 0.2) is 6.61 Å². The number of ether oxygens (including phenoxy) is 2. The Morgan fingerprint density at radius 3 is 2.73 bits per heavy atom. The average Bonchev–Trinajstić information content (AvgIpc) is 3.11. The molecule has 1 fully saturated rings. The van der Waals surface area contributed by atoms with E-state index in [1.54, 1.807) is 0 Å². The molecular weight excluding hydrogens is 416 g/mol. The van der Waals surface area contributed by atoms with Crippen LogP contribution in [0.4, 0.5) is 5.69 Å². The summed E-state index contributed by atoms with van der Waals surface area (Å²) >= 11 is 0. The lowest BCUT2D eigenvalue weighted by atomic mass is 10.0. The van der Waals surface area contributed by atoms with Gasteiger partial charge in [0.2, 0.25) is 0 Å². The molecule has 1 aliphatic heterocycles. The van der Waals surface area contributed by atoms with Crippen LogP contribution in [0, 0.1) is 6.92 Å². The number of amides is 1. The number of benzene rings is 2. The highest BCUT2D eigenvalue weighted by molar-refractivity contribution is 5.94. The molecule has 3 aromatic rings. The summed E-state index contributed by atoms with van der Waals surface area (Å²) in [6.45, 7) is 10.8. The first kappa shape index (κ1) is 23.3. The summed E-state index contributed by atoms with van der Waals surface area (Å²) < 4.78 is 13.4. The number of nitrogens with one attached hydrogen (secondary N) is 1. The number of fused-ring (bicyclic) bond motifs is 1. The summed E-state index contributed by atoms with van der Waals surface area (Å²) in [6.07, 6.45) is 0.884. The molecule has 1 saturated heterocycles. The molecule has 1 amide bonds. The summed E-state index contributed by atoms with van der Waals surface area (Å²) in [4.78, 5) is 19.8. The van der Waals surface area contributed by atoms with E-state index >= 15 is 0 Å². The maximum atomic E-state index is 12.6. The molecule has 0 spiro atoms. The topological polar surface area (TPSA) is 68.6 Å². The van der Waals surface area contributed by atoms with E-state index in [4.69, 9.17) is 14.5 Å². The van der Waals surface area contributed by atoms with E-state index < -0.39 is 0 Å². The zero-order chi connectivity index (χ0) is 23.4. The Bertz CT molecular complexity index is 1120. The fourth-order valence-corrected chi connectivity index (χ4v) is 4.22. The molecule has 0 bridgehead atoms. The lowest BCUT2D eigenvalue weighted by molar-refractivity contribution is -0.118. The van der Waals surface area contributed by atoms with Crippen LogP contribution in [0.2, 0.25) is 0 Å². The minimum Gasteiger partial charge on any atom is -0.483 e. The largest absolute Gasteiger partial charge is 0.483 e. The smallest absolute Gasteiger partial charge is 0.262 e. The van der Waals surface area contributed by atoms with Crippen LogP contribution in [0.3, 0.4) is 0 Å². The second kappa shape index (κ2) is 10.4. The number of nitrogens with zero attached hydrogens (tertiary/aromatic N) is 3. The number of rotatable bonds is 8. The molecule has 0 aliphatic carbocycles. The van der Waals surface area contributed by atoms with E-state index in [0.717, 1.165) is 78.7 Å². The van der Waals surface area contributed by atoms with Crippen molar-refractivity contribution in [3.8, 4) is 5.75 Å². The van der Waals surface area contributed by atoms with E-state index in [1.807, 2.05) is 38.2 Å². The maximum absolute atomic E-state index is 12.6. The highest BCUT2D eigenvalue weighted by atomic mass is 16.5. The SMILES string of the molecule is Cc1ccc(C(C)C)c(OCC(=O)Nc2ccc3c(c2)nc(CCN2CCOCC2)n3C)c1. The lowest BCUT2D eigenvalue weighted by Gasteiger charge is -2.26. The highest BCUT2D eigenvalue weighted by Crippen LogP contribution is 2.27. The van der Waals surface area contributed by atoms with E-state index in [1.165, 1.54) is 0 Å². The fraction of sp³-hybridized carbons (Fsp3) is 0.462. The van der Waals surface area contributed by atoms with Crippen molar-refractivity contribution in [1.82, 2.24) is 14.5 Å². The van der Waals surface area contributed by atoms with Gasteiger partial charge in [0.25, 0.3) is 5.91 Å². The van der Waals surface area contributed by atoms with Gasteiger partial charge >= 0.3 is 0 Å². The summed E-state index contributed by atoms with van der Waals surface area (Å²) in [7, 11) is 2.05. The van der Waals surface area contributed by atoms with Crippen molar-refractivity contribution < 1.29 is 14.3 Å². The van der Waals surface area contributed by atoms with Crippen molar-refractivity contribution in [1.29, 1.82) is 0 Å². The molecule has 33 heavy (non-hydrogen) atoms. The standard InChI is InChI=1S/C26H34N4O3/c1-18(2)21-7-5-19(3)15-24(21)33-17-26(31)27-20-6-8-23-22(16-20)28-25(29(23)4)9-10-30-11-13-32-14-12-30/h5-8,15-16,18H,9-14,17H2,1-4H3,(H,27,31). The number of hydrogen-bond acceptors (Lipinski definition) is 5. The van der Waals surface area contributed by atoms with Crippen LogP contribution >= 0.6 is 0 Å². The first-order valence-corrected chi connectivity index (χ1v) is 11.7. The van der Waals surface area contributed by atoms with Gasteiger partial charge in [-0.25, -0.2) is 4.98 Å². The maximum Gasteiger partial charge on any atom is 0.262 e. The number of carbonyl (C=O) groups excluding carboxylic acids is 1. The number of morpholine rings is 1. The molecule has 0 atom stereocenters. The van der Waals surface area contributed by atoms with Crippen molar-refractivity contribution >= 4 is 22.6 Å². The molecule has 7 heteroatoms. The molecule has 2 aromatic carbocycles. The van der Waals surface area contributed by atoms with Gasteiger partial charge in [-0.15, -0.1) is 0 Å². The first-order chi connectivity index (χ1) is 15.9. The third-order valence-electron chi connectivity index (χ3n) is 6.16. The summed E-state index contributed by atoms with van der Waals surface area (Å²) in [6, 6.07) is 12.0. The predicted octanol–water partition coefficient (Wildman–Crippen LogP) is 3.90. The Labute approximate surface area is 195 Å². The lowest BCUT2D eigenvalue weighted by Crippen LogP contribution is -2.37. The van der Waals surface area contributed by atoms with Crippen LogP contribution in [-0.4, -0.2) is 59.8 Å². The van der Waals surface area contributed by atoms with Crippen LogP contribution < -0.4 is 10.1 Å². The molecule has 7 nitrogen and oxygen atoms in total. The fourth-order valence-electron chi connectivity index (χ4n) is 4.22. The van der Waals surface area contributed by atoms with Gasteiger partial charge in [0.1, 0.15) is 11.6 Å². The van der Waals surface area contributed by atoms with Crippen molar-refractivity contribution in [2.24, 2.45) is 7.05 Å². The summed E-state index contributed by atoms with van der Waals surface area (Å²) in [5, 5.41) is 2.94. The van der Waals surface area contributed by atoms with Crippen LogP contribution in [0.1, 0.15) is 36.7 Å². The minimum absolute atomic E-state index is 0.0335. The zero-order valence-electron chi connectivity index (χ0n) is 20.1. The van der Waals surface area contributed by atoms with Crippen LogP contribution in [-0.2, 0) is 23.0 Å². The van der Waals surface area contributed by atoms with E-state index in [2.05, 4.69) is 40.8 Å². The van der Waals surface area contributed by atoms with E-state index in [-0.39, 0.29) is 12.5 Å². The van der Waals surface area contributed by atoms with Gasteiger partial charge in [-0.05, 0) is 48.2 Å². The third-order valence-corrected chi connectivity index (χ3v) is 6.16. The van der Waals surface area contributed by atoms with Crippen molar-refractivity contribution in [3.63, 3.8) is 0 Å². The van der Waals surface area contributed by atoms with Gasteiger partial charge in [-0.3, -0.25) is 9.69 Å². The average molecular weight is 451 g/mol. The third kappa shape index (κ3) is 5.72. The Hall–Kier alpha value is -2.90. The van der Waals surface area contributed by atoms with Crippen molar-refractivity contribution in [3.05, 3.63) is 53.3 Å². The molecule has 4 rings (SSSR count). The number of carbonyl (C=O) groups is 1. The Morgan fingerprint density at radius 2 is 1.97 bits per heavy atom. The summed E-state index contributed by atoms with van der Waals surface area (Å²) in [5.74, 6) is 1.95. The second-order valence-corrected chi connectivity index (χ2v) is 9.03. The Morgan fingerprint density at radius 1 is 1.18 bits per heavy atom. The van der Waals surface area contributed by atoms with Crippen LogP contribution in [0.5, 0.6) is 5.75 Å². The molecule has 2 heterocycles. The van der Waals surface area contributed by atoms with Gasteiger partial charge in [-0.2, -0.15) is 0 Å². The monoisotopic (exact) mass is 450 g/mol. The summed E-state index contributed by atoms with van der Waals surface area (Å²) in [5.41, 5.74) is 4.88. The number of anilines is 1. The second-order valence-electron chi connectivity index (χ2n) is 9.03. The number of hydrogen-bond donors (Lipinski definition) is 1. The highest BCUT2D eigenvalue weighted by Gasteiger charge is 2.14. The number of imidazole rings is 1. The van der Waals surface area contributed by atoms with Gasteiger partial charge in [0.05, 0.1) is 24.2 Å². The van der Waals surface area contributed by atoms with Crippen molar-refractivity contribution in [2.45, 2.75) is 33.1 Å².